The van der Waals surface area contributed by atoms with Crippen LogP contribution in [0.3, 0.4) is 0 Å². The van der Waals surface area contributed by atoms with E-state index in [1.54, 1.807) is 6.20 Å². The monoisotopic (exact) mass is 323 g/mol. The van der Waals surface area contributed by atoms with Crippen molar-refractivity contribution in [2.45, 2.75) is 31.9 Å². The van der Waals surface area contributed by atoms with Gasteiger partial charge in [-0.1, -0.05) is 24.3 Å². The Morgan fingerprint density at radius 3 is 2.83 bits per heavy atom. The number of carbonyl (C=O) groups is 1. The van der Waals surface area contributed by atoms with Crippen LogP contribution in [0.5, 0.6) is 0 Å². The number of anilines is 2. The van der Waals surface area contributed by atoms with Crippen molar-refractivity contribution in [1.82, 2.24) is 4.98 Å². The number of nitrogens with zero attached hydrogens (tertiary/aromatic N) is 2. The van der Waals surface area contributed by atoms with Crippen LogP contribution in [0.1, 0.15) is 24.0 Å². The Bertz CT molecular complexity index is 724. The smallest absolute Gasteiger partial charge is 0.253 e. The number of benzene rings is 1. The third kappa shape index (κ3) is 3.12. The van der Waals surface area contributed by atoms with Gasteiger partial charge in [0.1, 0.15) is 11.9 Å². The molecule has 4 rings (SSSR count). The molecule has 124 valence electrons. The van der Waals surface area contributed by atoms with Gasteiger partial charge < -0.3 is 15.0 Å². The molecule has 0 spiro atoms. The maximum absolute atomic E-state index is 12.1. The van der Waals surface area contributed by atoms with Crippen LogP contribution >= 0.6 is 0 Å². The summed E-state index contributed by atoms with van der Waals surface area (Å²) in [7, 11) is 0. The number of hydrogen-bond acceptors (Lipinski definition) is 4. The molecule has 2 aromatic rings. The quantitative estimate of drug-likeness (QED) is 0.944. The summed E-state index contributed by atoms with van der Waals surface area (Å²) in [6.07, 6.45) is 4.19. The predicted octanol–water partition coefficient (Wildman–Crippen LogP) is 2.76. The number of rotatable bonds is 3. The molecule has 1 fully saturated rings. The molecule has 1 atom stereocenters. The first-order chi connectivity index (χ1) is 11.8. The molecule has 5 nitrogen and oxygen atoms in total. The Hall–Kier alpha value is -2.40. The number of ether oxygens (including phenoxy) is 1. The first kappa shape index (κ1) is 15.1. The van der Waals surface area contributed by atoms with Crippen LogP contribution in [-0.2, 0) is 22.5 Å². The molecule has 1 aromatic carbocycles. The summed E-state index contributed by atoms with van der Waals surface area (Å²) in [4.78, 5) is 18.9. The Morgan fingerprint density at radius 1 is 1.21 bits per heavy atom. The zero-order chi connectivity index (χ0) is 16.4. The molecule has 0 saturated carbocycles. The Labute approximate surface area is 141 Å². The topological polar surface area (TPSA) is 54.5 Å². The predicted molar refractivity (Wildman–Crippen MR) is 93.0 cm³/mol. The van der Waals surface area contributed by atoms with Crippen molar-refractivity contribution >= 4 is 17.4 Å². The van der Waals surface area contributed by atoms with E-state index in [0.717, 1.165) is 43.9 Å². The van der Waals surface area contributed by atoms with E-state index in [2.05, 4.69) is 39.5 Å². The third-order valence-corrected chi connectivity index (χ3v) is 4.69. The third-order valence-electron chi connectivity index (χ3n) is 4.69. The van der Waals surface area contributed by atoms with Gasteiger partial charge >= 0.3 is 0 Å². The molecule has 2 aliphatic heterocycles. The van der Waals surface area contributed by atoms with Crippen LogP contribution in [0, 0.1) is 0 Å². The van der Waals surface area contributed by atoms with Gasteiger partial charge in [-0.15, -0.1) is 0 Å². The molecular formula is C19H21N3O2. The summed E-state index contributed by atoms with van der Waals surface area (Å²) in [5.74, 6) is 0.869. The summed E-state index contributed by atoms with van der Waals surface area (Å²) < 4.78 is 5.40. The van der Waals surface area contributed by atoms with Crippen molar-refractivity contribution in [2.24, 2.45) is 0 Å². The van der Waals surface area contributed by atoms with Crippen LogP contribution in [0.2, 0.25) is 0 Å². The van der Waals surface area contributed by atoms with Crippen molar-refractivity contribution < 1.29 is 9.53 Å². The second kappa shape index (κ2) is 6.61. The van der Waals surface area contributed by atoms with Crippen LogP contribution in [0.15, 0.2) is 42.6 Å². The Kier molecular flexibility index (Phi) is 4.17. The summed E-state index contributed by atoms with van der Waals surface area (Å²) >= 11 is 0. The van der Waals surface area contributed by atoms with E-state index in [1.165, 1.54) is 11.1 Å². The van der Waals surface area contributed by atoms with Gasteiger partial charge in [0.25, 0.3) is 5.91 Å². The molecule has 1 aromatic heterocycles. The van der Waals surface area contributed by atoms with E-state index in [4.69, 9.17) is 4.74 Å². The lowest BCUT2D eigenvalue weighted by Crippen LogP contribution is -2.31. The molecule has 0 bridgehead atoms. The molecular weight excluding hydrogens is 302 g/mol. The van der Waals surface area contributed by atoms with E-state index >= 15 is 0 Å². The molecule has 1 unspecified atom stereocenters. The Balaban J connectivity index is 1.42. The summed E-state index contributed by atoms with van der Waals surface area (Å²) in [6.45, 7) is 2.52. The molecule has 24 heavy (non-hydrogen) atoms. The van der Waals surface area contributed by atoms with E-state index in [9.17, 15) is 4.79 Å². The molecule has 2 aliphatic rings. The first-order valence-corrected chi connectivity index (χ1v) is 8.50. The minimum atomic E-state index is -0.316. The molecule has 5 heteroatoms. The fraction of sp³-hybridized carbons (Fsp3) is 0.368. The summed E-state index contributed by atoms with van der Waals surface area (Å²) in [5.41, 5.74) is 3.51. The average Bonchev–Trinajstić information content (AvgIpc) is 3.17. The molecule has 1 saturated heterocycles. The SMILES string of the molecule is O=C(Nc1ccc(N2CCc3ccccc3C2)nc1)C1CCCO1. The number of amides is 1. The van der Waals surface area contributed by atoms with Crippen LogP contribution in [0.4, 0.5) is 11.5 Å². The largest absolute Gasteiger partial charge is 0.368 e. The molecule has 1 amide bonds. The van der Waals surface area contributed by atoms with Crippen LogP contribution in [-0.4, -0.2) is 30.1 Å². The van der Waals surface area contributed by atoms with Gasteiger partial charge in [0.15, 0.2) is 0 Å². The van der Waals surface area contributed by atoms with Crippen molar-refractivity contribution in [3.05, 3.63) is 53.7 Å². The average molecular weight is 323 g/mol. The van der Waals surface area contributed by atoms with Gasteiger partial charge in [0, 0.05) is 19.7 Å². The second-order valence-corrected chi connectivity index (χ2v) is 6.34. The van der Waals surface area contributed by atoms with Crippen LogP contribution < -0.4 is 10.2 Å². The normalized spacial score (nSPS) is 19.8. The molecule has 3 heterocycles. The number of nitrogens with one attached hydrogen (secondary N) is 1. The van der Waals surface area contributed by atoms with Gasteiger partial charge in [-0.2, -0.15) is 0 Å². The molecule has 0 radical (unpaired) electrons. The zero-order valence-corrected chi connectivity index (χ0v) is 13.6. The minimum Gasteiger partial charge on any atom is -0.368 e. The van der Waals surface area contributed by atoms with Gasteiger partial charge in [-0.3, -0.25) is 4.79 Å². The number of fused-ring (bicyclic) bond motifs is 1. The van der Waals surface area contributed by atoms with Crippen molar-refractivity contribution in [2.75, 3.05) is 23.4 Å². The highest BCUT2D eigenvalue weighted by atomic mass is 16.5. The van der Waals surface area contributed by atoms with Crippen LogP contribution in [0.25, 0.3) is 0 Å². The standard InChI is InChI=1S/C19H21N3O2/c23-19(17-6-3-11-24-17)21-16-7-8-18(20-12-16)22-10-9-14-4-1-2-5-15(14)13-22/h1-2,4-5,7-8,12,17H,3,6,9-11,13H2,(H,21,23). The van der Waals surface area contributed by atoms with E-state index in [0.29, 0.717) is 6.61 Å². The maximum atomic E-state index is 12.1. The fourth-order valence-electron chi connectivity index (χ4n) is 3.35. The Morgan fingerprint density at radius 2 is 2.08 bits per heavy atom. The van der Waals surface area contributed by atoms with Crippen molar-refractivity contribution in [3.8, 4) is 0 Å². The highest BCUT2D eigenvalue weighted by Gasteiger charge is 2.23. The number of aromatic nitrogens is 1. The lowest BCUT2D eigenvalue weighted by molar-refractivity contribution is -0.124. The van der Waals surface area contributed by atoms with E-state index in [1.807, 2.05) is 12.1 Å². The number of pyridine rings is 1. The lowest BCUT2D eigenvalue weighted by Gasteiger charge is -2.29. The lowest BCUT2D eigenvalue weighted by atomic mass is 10.00. The van der Waals surface area contributed by atoms with Gasteiger partial charge in [-0.05, 0) is 42.5 Å². The van der Waals surface area contributed by atoms with Crippen molar-refractivity contribution in [1.29, 1.82) is 0 Å². The summed E-state index contributed by atoms with van der Waals surface area (Å²) in [6, 6.07) is 12.4. The van der Waals surface area contributed by atoms with Gasteiger partial charge in [-0.25, -0.2) is 4.98 Å². The molecule has 1 N–H and O–H groups in total. The molecule has 0 aliphatic carbocycles. The minimum absolute atomic E-state index is 0.0750. The second-order valence-electron chi connectivity index (χ2n) is 6.34. The van der Waals surface area contributed by atoms with E-state index in [-0.39, 0.29) is 12.0 Å². The zero-order valence-electron chi connectivity index (χ0n) is 13.6. The highest BCUT2D eigenvalue weighted by Crippen LogP contribution is 2.24. The fourth-order valence-corrected chi connectivity index (χ4v) is 3.35. The highest BCUT2D eigenvalue weighted by molar-refractivity contribution is 5.94. The van der Waals surface area contributed by atoms with Gasteiger partial charge in [0.2, 0.25) is 0 Å². The summed E-state index contributed by atoms with van der Waals surface area (Å²) in [5, 5.41) is 2.88. The van der Waals surface area contributed by atoms with E-state index < -0.39 is 0 Å². The van der Waals surface area contributed by atoms with Crippen molar-refractivity contribution in [3.63, 3.8) is 0 Å². The number of hydrogen-bond donors (Lipinski definition) is 1. The number of carbonyl (C=O) groups excluding carboxylic acids is 1. The maximum Gasteiger partial charge on any atom is 0.253 e. The van der Waals surface area contributed by atoms with Gasteiger partial charge in [0.05, 0.1) is 11.9 Å². The first-order valence-electron chi connectivity index (χ1n) is 8.50.